The Labute approximate surface area is 211 Å². The molecule has 1 atom stereocenters. The fraction of sp³-hybridized carbons (Fsp3) is 0.310. The Morgan fingerprint density at radius 3 is 2.42 bits per heavy atom. The minimum absolute atomic E-state index is 0.00962. The molecule has 0 radical (unpaired) electrons. The number of nitrogens with one attached hydrogen (secondary N) is 2. The van der Waals surface area contributed by atoms with Gasteiger partial charge in [0.25, 0.3) is 0 Å². The molecule has 2 heterocycles. The van der Waals surface area contributed by atoms with Gasteiger partial charge < -0.3 is 20.1 Å². The Balaban J connectivity index is 1.26. The third-order valence-corrected chi connectivity index (χ3v) is 6.92. The van der Waals surface area contributed by atoms with E-state index in [0.29, 0.717) is 43.1 Å². The van der Waals surface area contributed by atoms with E-state index in [2.05, 4.69) is 15.5 Å². The predicted molar refractivity (Wildman–Crippen MR) is 139 cm³/mol. The van der Waals surface area contributed by atoms with Crippen molar-refractivity contribution in [3.05, 3.63) is 83.4 Å². The number of fused-ring (bicyclic) bond motifs is 1. The number of hydrogen-bond donors (Lipinski definition) is 2. The van der Waals surface area contributed by atoms with Crippen molar-refractivity contribution in [1.29, 1.82) is 0 Å². The van der Waals surface area contributed by atoms with E-state index in [-0.39, 0.29) is 24.5 Å². The van der Waals surface area contributed by atoms with Crippen LogP contribution in [0.3, 0.4) is 0 Å². The summed E-state index contributed by atoms with van der Waals surface area (Å²) in [5.41, 5.74) is 4.60. The Morgan fingerprint density at radius 2 is 1.64 bits per heavy atom. The Kier molecular flexibility index (Phi) is 6.91. The largest absolute Gasteiger partial charge is 0.454 e. The summed E-state index contributed by atoms with van der Waals surface area (Å²) in [5.74, 6) is 1.14. The molecule has 186 valence electrons. The van der Waals surface area contributed by atoms with E-state index in [9.17, 15) is 9.59 Å². The molecule has 0 bridgehead atoms. The summed E-state index contributed by atoms with van der Waals surface area (Å²) in [4.78, 5) is 28.7. The quantitative estimate of drug-likeness (QED) is 0.510. The molecule has 1 saturated heterocycles. The summed E-state index contributed by atoms with van der Waals surface area (Å²) < 4.78 is 10.8. The number of rotatable bonds is 6. The first-order valence-electron chi connectivity index (χ1n) is 12.4. The second kappa shape index (κ2) is 10.4. The van der Waals surface area contributed by atoms with E-state index >= 15 is 0 Å². The number of carbonyl (C=O) groups excluding carboxylic acids is 2. The SMILES string of the molecule is Cc1ccc(C)c(NC(=O)C(c2ccccc2)N2CCC(C(=O)Nc3ccc4c(c3)OCO4)CC2)c1. The molecule has 3 aromatic carbocycles. The molecule has 0 spiro atoms. The zero-order valence-electron chi connectivity index (χ0n) is 20.6. The molecule has 3 aromatic rings. The standard InChI is InChI=1S/C29H31N3O4/c1-19-8-9-20(2)24(16-19)31-29(34)27(21-6-4-3-5-7-21)32-14-12-22(13-15-32)28(33)30-23-10-11-25-26(17-23)36-18-35-25/h3-11,16-17,22,27H,12-15,18H2,1-2H3,(H,30,33)(H,31,34). The molecule has 5 rings (SSSR count). The molecule has 2 aliphatic rings. The van der Waals surface area contributed by atoms with Crippen molar-refractivity contribution < 1.29 is 19.1 Å². The zero-order chi connectivity index (χ0) is 25.1. The van der Waals surface area contributed by atoms with Gasteiger partial charge in [-0.1, -0.05) is 42.5 Å². The van der Waals surface area contributed by atoms with Gasteiger partial charge in [-0.25, -0.2) is 0 Å². The van der Waals surface area contributed by atoms with Crippen molar-refractivity contribution in [2.24, 2.45) is 5.92 Å². The van der Waals surface area contributed by atoms with Gasteiger partial charge in [-0.05, 0) is 74.7 Å². The van der Waals surface area contributed by atoms with E-state index in [4.69, 9.17) is 9.47 Å². The molecule has 0 aliphatic carbocycles. The first-order valence-corrected chi connectivity index (χ1v) is 12.4. The maximum atomic E-state index is 13.6. The van der Waals surface area contributed by atoms with Crippen molar-refractivity contribution in [2.75, 3.05) is 30.5 Å². The van der Waals surface area contributed by atoms with E-state index in [1.165, 1.54) is 0 Å². The van der Waals surface area contributed by atoms with Crippen LogP contribution < -0.4 is 20.1 Å². The van der Waals surface area contributed by atoms with Gasteiger partial charge in [0.15, 0.2) is 11.5 Å². The van der Waals surface area contributed by atoms with Gasteiger partial charge in [-0.15, -0.1) is 0 Å². The highest BCUT2D eigenvalue weighted by atomic mass is 16.7. The number of benzene rings is 3. The van der Waals surface area contributed by atoms with Crippen molar-refractivity contribution >= 4 is 23.2 Å². The zero-order valence-corrected chi connectivity index (χ0v) is 20.6. The summed E-state index contributed by atoms with van der Waals surface area (Å²) in [5, 5.41) is 6.16. The average molecular weight is 486 g/mol. The van der Waals surface area contributed by atoms with Crippen LogP contribution in [0.1, 0.15) is 35.6 Å². The summed E-state index contributed by atoms with van der Waals surface area (Å²) in [6.45, 7) is 5.52. The van der Waals surface area contributed by atoms with Crippen LogP contribution in [-0.2, 0) is 9.59 Å². The first-order chi connectivity index (χ1) is 17.5. The summed E-state index contributed by atoms with van der Waals surface area (Å²) in [7, 11) is 0. The highest BCUT2D eigenvalue weighted by Gasteiger charge is 2.33. The van der Waals surface area contributed by atoms with Crippen LogP contribution >= 0.6 is 0 Å². The van der Waals surface area contributed by atoms with Crippen LogP contribution in [0.4, 0.5) is 11.4 Å². The molecular formula is C29H31N3O4. The van der Waals surface area contributed by atoms with Crippen LogP contribution in [0, 0.1) is 19.8 Å². The van der Waals surface area contributed by atoms with E-state index in [0.717, 1.165) is 22.4 Å². The minimum Gasteiger partial charge on any atom is -0.454 e. The smallest absolute Gasteiger partial charge is 0.246 e. The lowest BCUT2D eigenvalue weighted by Gasteiger charge is -2.36. The maximum Gasteiger partial charge on any atom is 0.246 e. The number of ether oxygens (including phenoxy) is 2. The molecule has 1 fully saturated rings. The lowest BCUT2D eigenvalue weighted by Crippen LogP contribution is -2.44. The third-order valence-electron chi connectivity index (χ3n) is 6.92. The Hall–Kier alpha value is -3.84. The Morgan fingerprint density at radius 1 is 0.889 bits per heavy atom. The molecule has 0 aromatic heterocycles. The summed E-state index contributed by atoms with van der Waals surface area (Å²) >= 11 is 0. The maximum absolute atomic E-state index is 13.6. The van der Waals surface area contributed by atoms with Crippen LogP contribution in [0.15, 0.2) is 66.7 Å². The van der Waals surface area contributed by atoms with Crippen LogP contribution in [0.25, 0.3) is 0 Å². The first kappa shape index (κ1) is 23.9. The number of piperidine rings is 1. The van der Waals surface area contributed by atoms with Gasteiger partial charge in [0.2, 0.25) is 18.6 Å². The summed E-state index contributed by atoms with van der Waals surface area (Å²) in [6.07, 6.45) is 1.35. The number of amides is 2. The van der Waals surface area contributed by atoms with Crippen LogP contribution in [0.5, 0.6) is 11.5 Å². The van der Waals surface area contributed by atoms with Gasteiger partial charge >= 0.3 is 0 Å². The lowest BCUT2D eigenvalue weighted by molar-refractivity contribution is -0.124. The van der Waals surface area contributed by atoms with Crippen molar-refractivity contribution in [1.82, 2.24) is 4.90 Å². The van der Waals surface area contributed by atoms with E-state index in [1.54, 1.807) is 12.1 Å². The van der Waals surface area contributed by atoms with Gasteiger partial charge in [0.1, 0.15) is 6.04 Å². The van der Waals surface area contributed by atoms with Crippen LogP contribution in [-0.4, -0.2) is 36.6 Å². The van der Waals surface area contributed by atoms with Crippen LogP contribution in [0.2, 0.25) is 0 Å². The molecule has 0 saturated carbocycles. The van der Waals surface area contributed by atoms with Gasteiger partial charge in [-0.3, -0.25) is 14.5 Å². The van der Waals surface area contributed by atoms with Gasteiger partial charge in [0.05, 0.1) is 0 Å². The fourth-order valence-electron chi connectivity index (χ4n) is 4.87. The van der Waals surface area contributed by atoms with Crippen molar-refractivity contribution in [3.8, 4) is 11.5 Å². The van der Waals surface area contributed by atoms with Crippen molar-refractivity contribution in [2.45, 2.75) is 32.7 Å². The van der Waals surface area contributed by atoms with E-state index < -0.39 is 6.04 Å². The topological polar surface area (TPSA) is 79.9 Å². The normalized spacial score (nSPS) is 16.4. The van der Waals surface area contributed by atoms with Gasteiger partial charge in [0, 0.05) is 23.4 Å². The molecule has 7 nitrogen and oxygen atoms in total. The molecule has 2 amide bonds. The van der Waals surface area contributed by atoms with Crippen molar-refractivity contribution in [3.63, 3.8) is 0 Å². The average Bonchev–Trinajstić information content (AvgIpc) is 3.35. The fourth-order valence-corrected chi connectivity index (χ4v) is 4.87. The van der Waals surface area contributed by atoms with E-state index in [1.807, 2.05) is 68.4 Å². The number of aryl methyl sites for hydroxylation is 2. The number of nitrogens with zero attached hydrogens (tertiary/aromatic N) is 1. The monoisotopic (exact) mass is 485 g/mol. The number of carbonyl (C=O) groups is 2. The number of likely N-dealkylation sites (tertiary alicyclic amines) is 1. The summed E-state index contributed by atoms with van der Waals surface area (Å²) in [6, 6.07) is 20.9. The molecule has 36 heavy (non-hydrogen) atoms. The highest BCUT2D eigenvalue weighted by molar-refractivity contribution is 5.96. The number of hydrogen-bond acceptors (Lipinski definition) is 5. The molecule has 1 unspecified atom stereocenters. The number of anilines is 2. The Bertz CT molecular complexity index is 1250. The second-order valence-electron chi connectivity index (χ2n) is 9.49. The molecule has 2 aliphatic heterocycles. The molecular weight excluding hydrogens is 454 g/mol. The molecule has 2 N–H and O–H groups in total. The predicted octanol–water partition coefficient (Wildman–Crippen LogP) is 5.06. The molecule has 7 heteroatoms. The third kappa shape index (κ3) is 5.21. The second-order valence-corrected chi connectivity index (χ2v) is 9.49. The highest BCUT2D eigenvalue weighted by Crippen LogP contribution is 2.35. The minimum atomic E-state index is -0.427. The lowest BCUT2D eigenvalue weighted by atomic mass is 9.93. The van der Waals surface area contributed by atoms with Gasteiger partial charge in [-0.2, -0.15) is 0 Å².